The lowest BCUT2D eigenvalue weighted by Gasteiger charge is -2.41. The molecule has 2 aromatic carbocycles. The Kier molecular flexibility index (Phi) is 6.33. The fraction of sp³-hybridized carbons (Fsp3) is 0.417. The molecule has 2 heterocycles. The van der Waals surface area contributed by atoms with E-state index in [0.29, 0.717) is 52.7 Å². The van der Waals surface area contributed by atoms with E-state index in [1.165, 1.54) is 14.2 Å². The molecular weight excluding hydrogens is 428 g/mol. The molecule has 0 saturated heterocycles. The van der Waals surface area contributed by atoms with Crippen LogP contribution in [-0.2, 0) is 4.79 Å². The number of nitrogens with zero attached hydrogens (tertiary/aromatic N) is 2. The summed E-state index contributed by atoms with van der Waals surface area (Å²) in [4.78, 5) is 30.0. The van der Waals surface area contributed by atoms with Crippen LogP contribution in [0.4, 0.5) is 0 Å². The van der Waals surface area contributed by atoms with Crippen molar-refractivity contribution in [1.29, 1.82) is 0 Å². The number of benzene rings is 2. The highest BCUT2D eigenvalue weighted by Gasteiger charge is 2.45. The molecule has 9 heteroatoms. The second-order valence-corrected chi connectivity index (χ2v) is 8.32. The molecule has 0 spiro atoms. The number of carboxylic acid groups (broad SMARTS) is 1. The average Bonchev–Trinajstić information content (AvgIpc) is 3.26. The number of carbonyl (C=O) groups excluding carboxylic acids is 1. The van der Waals surface area contributed by atoms with Crippen molar-refractivity contribution in [2.45, 2.75) is 18.4 Å². The van der Waals surface area contributed by atoms with Crippen LogP contribution in [0, 0.1) is 0 Å². The van der Waals surface area contributed by atoms with Gasteiger partial charge in [-0.15, -0.1) is 0 Å². The number of hydrogen-bond acceptors (Lipinski definition) is 7. The number of methoxy groups -OCH3 is 2. The number of aliphatic carboxylic acids is 1. The fourth-order valence-electron chi connectivity index (χ4n) is 4.50. The molecular formula is C24H28N2O7. The van der Waals surface area contributed by atoms with Crippen molar-refractivity contribution in [3.63, 3.8) is 0 Å². The van der Waals surface area contributed by atoms with Crippen molar-refractivity contribution < 1.29 is 33.6 Å². The Morgan fingerprint density at radius 1 is 1.12 bits per heavy atom. The van der Waals surface area contributed by atoms with Gasteiger partial charge in [0, 0.05) is 12.1 Å². The van der Waals surface area contributed by atoms with E-state index in [-0.39, 0.29) is 12.7 Å². The highest BCUT2D eigenvalue weighted by Crippen LogP contribution is 2.47. The number of carboxylic acids is 1. The molecule has 4 rings (SSSR count). The minimum absolute atomic E-state index is 0.108. The van der Waals surface area contributed by atoms with Gasteiger partial charge >= 0.3 is 5.97 Å². The molecule has 2 aromatic rings. The Labute approximate surface area is 192 Å². The van der Waals surface area contributed by atoms with Gasteiger partial charge in [0.1, 0.15) is 5.92 Å². The molecule has 176 valence electrons. The number of amides is 1. The second kappa shape index (κ2) is 9.19. The Bertz CT molecular complexity index is 1070. The maximum Gasteiger partial charge on any atom is 0.313 e. The molecule has 0 fully saturated rings. The van der Waals surface area contributed by atoms with Crippen molar-refractivity contribution in [2.75, 3.05) is 48.2 Å². The fourth-order valence-corrected chi connectivity index (χ4v) is 4.50. The summed E-state index contributed by atoms with van der Waals surface area (Å²) >= 11 is 0. The van der Waals surface area contributed by atoms with Crippen molar-refractivity contribution in [2.24, 2.45) is 0 Å². The van der Waals surface area contributed by atoms with E-state index >= 15 is 0 Å². The number of hydrogen-bond donors (Lipinski definition) is 1. The molecule has 1 N–H and O–H groups in total. The van der Waals surface area contributed by atoms with Gasteiger partial charge in [-0.25, -0.2) is 0 Å². The van der Waals surface area contributed by atoms with E-state index in [1.807, 2.05) is 19.0 Å². The number of fused-ring (bicyclic) bond motifs is 2. The lowest BCUT2D eigenvalue weighted by molar-refractivity contribution is -0.140. The van der Waals surface area contributed by atoms with E-state index < -0.39 is 17.9 Å². The molecule has 2 aliphatic rings. The summed E-state index contributed by atoms with van der Waals surface area (Å²) in [6.07, 6.45) is 0.689. The standard InChI is InChI=1S/C24H28N2O7/c1-25(2)8-5-9-26-22(14-6-7-17-20(10-14)33-13-32-17)21(24(28)29)15-11-18(30-3)19(31-4)12-16(15)23(26)27/h6-7,10-12,21-22H,5,8-9,13H2,1-4H3,(H,28,29)/t21-,22-/m1/s1. The first-order valence-electron chi connectivity index (χ1n) is 10.7. The van der Waals surface area contributed by atoms with Crippen LogP contribution in [0.25, 0.3) is 0 Å². The summed E-state index contributed by atoms with van der Waals surface area (Å²) in [6, 6.07) is 7.76. The number of rotatable bonds is 8. The Morgan fingerprint density at radius 3 is 2.48 bits per heavy atom. The second-order valence-electron chi connectivity index (χ2n) is 8.32. The third kappa shape index (κ3) is 4.16. The van der Waals surface area contributed by atoms with Crippen LogP contribution in [0.2, 0.25) is 0 Å². The molecule has 0 aliphatic carbocycles. The largest absolute Gasteiger partial charge is 0.493 e. The summed E-state index contributed by atoms with van der Waals surface area (Å²) < 4.78 is 21.7. The molecule has 0 unspecified atom stereocenters. The predicted molar refractivity (Wildman–Crippen MR) is 119 cm³/mol. The van der Waals surface area contributed by atoms with E-state index in [9.17, 15) is 14.7 Å². The van der Waals surface area contributed by atoms with E-state index in [0.717, 1.165) is 6.54 Å². The first-order chi connectivity index (χ1) is 15.8. The topological polar surface area (TPSA) is 97.8 Å². The highest BCUT2D eigenvalue weighted by molar-refractivity contribution is 6.01. The van der Waals surface area contributed by atoms with Crippen molar-refractivity contribution >= 4 is 11.9 Å². The quantitative estimate of drug-likeness (QED) is 0.648. The van der Waals surface area contributed by atoms with Crippen LogP contribution in [0.1, 0.15) is 39.9 Å². The van der Waals surface area contributed by atoms with Crippen LogP contribution in [-0.4, -0.2) is 75.0 Å². The SMILES string of the molecule is COc1cc2c(cc1OC)[C@@H](C(=O)O)[C@@H](c1ccc3c(c1)OCO3)N(CCCN(C)C)C2=O. The smallest absolute Gasteiger partial charge is 0.313 e. The zero-order chi connectivity index (χ0) is 23.7. The van der Waals surface area contributed by atoms with Gasteiger partial charge in [0.2, 0.25) is 6.79 Å². The molecule has 2 aliphatic heterocycles. The van der Waals surface area contributed by atoms with Gasteiger partial charge in [0.25, 0.3) is 5.91 Å². The predicted octanol–water partition coefficient (Wildman–Crippen LogP) is 2.75. The number of carbonyl (C=O) groups is 2. The molecule has 2 atom stereocenters. The first-order valence-corrected chi connectivity index (χ1v) is 10.7. The van der Waals surface area contributed by atoms with Crippen LogP contribution in [0.15, 0.2) is 30.3 Å². The molecule has 1 amide bonds. The van der Waals surface area contributed by atoms with Crippen LogP contribution in [0.5, 0.6) is 23.0 Å². The van der Waals surface area contributed by atoms with E-state index in [2.05, 4.69) is 0 Å². The third-order valence-electron chi connectivity index (χ3n) is 6.04. The highest BCUT2D eigenvalue weighted by atomic mass is 16.7. The molecule has 0 radical (unpaired) electrons. The zero-order valence-electron chi connectivity index (χ0n) is 19.2. The maximum atomic E-state index is 13.7. The minimum Gasteiger partial charge on any atom is -0.493 e. The van der Waals surface area contributed by atoms with Crippen molar-refractivity contribution in [3.05, 3.63) is 47.0 Å². The minimum atomic E-state index is -1.03. The summed E-state index contributed by atoms with van der Waals surface area (Å²) in [6.45, 7) is 1.26. The van der Waals surface area contributed by atoms with Crippen LogP contribution < -0.4 is 18.9 Å². The van der Waals surface area contributed by atoms with E-state index in [4.69, 9.17) is 18.9 Å². The molecule has 0 bridgehead atoms. The van der Waals surface area contributed by atoms with E-state index in [1.54, 1.807) is 35.2 Å². The number of ether oxygens (including phenoxy) is 4. The monoisotopic (exact) mass is 456 g/mol. The van der Waals surface area contributed by atoms with Crippen molar-refractivity contribution in [3.8, 4) is 23.0 Å². The molecule has 0 saturated carbocycles. The summed E-state index contributed by atoms with van der Waals surface area (Å²) in [5.74, 6) is -0.392. The Hall–Kier alpha value is -3.46. The average molecular weight is 456 g/mol. The lowest BCUT2D eigenvalue weighted by Crippen LogP contribution is -2.45. The van der Waals surface area contributed by atoms with Gasteiger partial charge in [0.05, 0.1) is 20.3 Å². The van der Waals surface area contributed by atoms with Crippen LogP contribution >= 0.6 is 0 Å². The van der Waals surface area contributed by atoms with Gasteiger partial charge in [-0.2, -0.15) is 0 Å². The van der Waals surface area contributed by atoms with Crippen molar-refractivity contribution in [1.82, 2.24) is 9.80 Å². The molecule has 33 heavy (non-hydrogen) atoms. The molecule has 0 aromatic heterocycles. The Morgan fingerprint density at radius 2 is 1.82 bits per heavy atom. The van der Waals surface area contributed by atoms with Gasteiger partial charge in [0.15, 0.2) is 23.0 Å². The van der Waals surface area contributed by atoms with Gasteiger partial charge < -0.3 is 33.9 Å². The van der Waals surface area contributed by atoms with Gasteiger partial charge in [-0.05, 0) is 62.5 Å². The third-order valence-corrected chi connectivity index (χ3v) is 6.04. The van der Waals surface area contributed by atoms with Crippen LogP contribution in [0.3, 0.4) is 0 Å². The van der Waals surface area contributed by atoms with Gasteiger partial charge in [-0.3, -0.25) is 9.59 Å². The summed E-state index contributed by atoms with van der Waals surface area (Å²) in [7, 11) is 6.88. The zero-order valence-corrected chi connectivity index (χ0v) is 19.2. The first kappa shape index (κ1) is 22.7. The Balaban J connectivity index is 1.86. The summed E-state index contributed by atoms with van der Waals surface area (Å²) in [5.41, 5.74) is 1.38. The maximum absolute atomic E-state index is 13.7. The molecule has 9 nitrogen and oxygen atoms in total. The summed E-state index contributed by atoms with van der Waals surface area (Å²) in [5, 5.41) is 10.3. The lowest BCUT2D eigenvalue weighted by atomic mass is 9.79. The van der Waals surface area contributed by atoms with Gasteiger partial charge in [-0.1, -0.05) is 6.07 Å². The normalized spacial score (nSPS) is 18.9.